The van der Waals surface area contributed by atoms with Gasteiger partial charge in [0.15, 0.2) is 0 Å². The van der Waals surface area contributed by atoms with Crippen LogP contribution in [0.2, 0.25) is 5.02 Å². The number of aryl methyl sites for hydroxylation is 1. The fraction of sp³-hybridized carbons (Fsp3) is 0.111. The van der Waals surface area contributed by atoms with Crippen LogP contribution < -0.4 is 15.4 Å². The van der Waals surface area contributed by atoms with E-state index in [9.17, 15) is 4.39 Å². The van der Waals surface area contributed by atoms with Crippen molar-refractivity contribution in [1.29, 1.82) is 0 Å². The SMILES string of the molecule is COc1ccccc1Nc1cc(Nc2ccc(F)c(Cl)c2)nc(C)n1. The van der Waals surface area contributed by atoms with Crippen molar-refractivity contribution in [3.05, 3.63) is 65.2 Å². The number of methoxy groups -OCH3 is 1. The maximum absolute atomic E-state index is 13.3. The van der Waals surface area contributed by atoms with E-state index in [1.54, 1.807) is 26.2 Å². The van der Waals surface area contributed by atoms with E-state index in [2.05, 4.69) is 20.6 Å². The molecular formula is C18H16ClFN4O. The number of hydrogen-bond acceptors (Lipinski definition) is 5. The minimum Gasteiger partial charge on any atom is -0.495 e. The normalized spacial score (nSPS) is 10.4. The second-order valence-electron chi connectivity index (χ2n) is 5.26. The summed E-state index contributed by atoms with van der Waals surface area (Å²) >= 11 is 5.81. The molecule has 0 fully saturated rings. The van der Waals surface area contributed by atoms with Crippen LogP contribution in [0.5, 0.6) is 5.75 Å². The third kappa shape index (κ3) is 4.16. The highest BCUT2D eigenvalue weighted by Gasteiger charge is 2.07. The Balaban J connectivity index is 1.86. The molecule has 0 atom stereocenters. The lowest BCUT2D eigenvalue weighted by Gasteiger charge is -2.12. The van der Waals surface area contributed by atoms with Crippen molar-refractivity contribution >= 4 is 34.6 Å². The topological polar surface area (TPSA) is 59.1 Å². The number of nitrogens with zero attached hydrogens (tertiary/aromatic N) is 2. The molecule has 0 aliphatic rings. The van der Waals surface area contributed by atoms with Crippen molar-refractivity contribution in [2.75, 3.05) is 17.7 Å². The molecule has 7 heteroatoms. The van der Waals surface area contributed by atoms with Gasteiger partial charge in [0.2, 0.25) is 0 Å². The fourth-order valence-corrected chi connectivity index (χ4v) is 2.48. The lowest BCUT2D eigenvalue weighted by molar-refractivity contribution is 0.417. The van der Waals surface area contributed by atoms with Gasteiger partial charge in [-0.3, -0.25) is 0 Å². The summed E-state index contributed by atoms with van der Waals surface area (Å²) in [4.78, 5) is 8.71. The molecule has 1 aromatic heterocycles. The Bertz CT molecular complexity index is 904. The molecule has 3 aromatic rings. The van der Waals surface area contributed by atoms with Crippen molar-refractivity contribution in [3.8, 4) is 5.75 Å². The molecule has 0 unspecified atom stereocenters. The molecule has 0 saturated heterocycles. The largest absolute Gasteiger partial charge is 0.495 e. The zero-order valence-corrected chi connectivity index (χ0v) is 14.4. The first-order chi connectivity index (χ1) is 12.0. The summed E-state index contributed by atoms with van der Waals surface area (Å²) in [6, 6.07) is 13.7. The number of rotatable bonds is 5. The molecule has 0 saturated carbocycles. The summed E-state index contributed by atoms with van der Waals surface area (Å²) in [6.45, 7) is 1.79. The van der Waals surface area contributed by atoms with Gasteiger partial charge in [-0.1, -0.05) is 23.7 Å². The highest BCUT2D eigenvalue weighted by Crippen LogP contribution is 2.28. The smallest absolute Gasteiger partial charge is 0.142 e. The molecule has 5 nitrogen and oxygen atoms in total. The number of anilines is 4. The van der Waals surface area contributed by atoms with Crippen LogP contribution in [0, 0.1) is 12.7 Å². The predicted octanol–water partition coefficient (Wildman–Crippen LogP) is 5.07. The summed E-state index contributed by atoms with van der Waals surface area (Å²) in [5.41, 5.74) is 1.42. The standard InChI is InChI=1S/C18H16ClFN4O/c1-11-21-17(23-12-7-8-14(20)13(19)9-12)10-18(22-11)24-15-5-3-4-6-16(15)25-2/h3-10H,1-2H3,(H2,21,22,23,24). The van der Waals surface area contributed by atoms with Gasteiger partial charge in [-0.2, -0.15) is 0 Å². The summed E-state index contributed by atoms with van der Waals surface area (Å²) in [5, 5.41) is 6.35. The molecule has 0 aliphatic heterocycles. The second kappa shape index (κ2) is 7.36. The predicted molar refractivity (Wildman–Crippen MR) is 97.7 cm³/mol. The average molecular weight is 359 g/mol. The van der Waals surface area contributed by atoms with Crippen molar-refractivity contribution in [3.63, 3.8) is 0 Å². The Hall–Kier alpha value is -2.86. The summed E-state index contributed by atoms with van der Waals surface area (Å²) in [5.74, 6) is 1.99. The third-order valence-electron chi connectivity index (χ3n) is 3.40. The van der Waals surface area contributed by atoms with Gasteiger partial charge in [0, 0.05) is 11.8 Å². The summed E-state index contributed by atoms with van der Waals surface area (Å²) in [7, 11) is 1.61. The van der Waals surface area contributed by atoms with Gasteiger partial charge in [-0.15, -0.1) is 0 Å². The van der Waals surface area contributed by atoms with E-state index in [0.29, 0.717) is 28.9 Å². The van der Waals surface area contributed by atoms with Gasteiger partial charge in [0.1, 0.15) is 29.0 Å². The first-order valence-electron chi connectivity index (χ1n) is 7.53. The molecule has 2 aromatic carbocycles. The number of halogens is 2. The zero-order chi connectivity index (χ0) is 17.8. The second-order valence-corrected chi connectivity index (χ2v) is 5.67. The van der Waals surface area contributed by atoms with Gasteiger partial charge in [-0.05, 0) is 37.3 Å². The summed E-state index contributed by atoms with van der Waals surface area (Å²) < 4.78 is 18.6. The van der Waals surface area contributed by atoms with Crippen LogP contribution in [0.3, 0.4) is 0 Å². The Morgan fingerprint density at radius 3 is 2.44 bits per heavy atom. The molecule has 2 N–H and O–H groups in total. The molecule has 0 radical (unpaired) electrons. The lowest BCUT2D eigenvalue weighted by atomic mass is 10.3. The van der Waals surface area contributed by atoms with Crippen molar-refractivity contribution < 1.29 is 9.13 Å². The van der Waals surface area contributed by atoms with Gasteiger partial charge >= 0.3 is 0 Å². The van der Waals surface area contributed by atoms with Gasteiger partial charge in [0.25, 0.3) is 0 Å². The number of aromatic nitrogens is 2. The summed E-state index contributed by atoms with van der Waals surface area (Å²) in [6.07, 6.45) is 0. The Morgan fingerprint density at radius 1 is 1.00 bits per heavy atom. The van der Waals surface area contributed by atoms with Gasteiger partial charge < -0.3 is 15.4 Å². The van der Waals surface area contributed by atoms with Crippen molar-refractivity contribution in [2.24, 2.45) is 0 Å². The van der Waals surface area contributed by atoms with Crippen molar-refractivity contribution in [1.82, 2.24) is 9.97 Å². The Kier molecular flexibility index (Phi) is 5.00. The molecular weight excluding hydrogens is 343 g/mol. The molecule has 1 heterocycles. The molecule has 25 heavy (non-hydrogen) atoms. The van der Waals surface area contributed by atoms with Crippen LogP contribution in [0.1, 0.15) is 5.82 Å². The molecule has 0 bridgehead atoms. The monoisotopic (exact) mass is 358 g/mol. The van der Waals surface area contributed by atoms with Crippen LogP contribution in [-0.4, -0.2) is 17.1 Å². The van der Waals surface area contributed by atoms with Crippen LogP contribution in [0.25, 0.3) is 0 Å². The molecule has 0 amide bonds. The minimum atomic E-state index is -0.468. The number of para-hydroxylation sites is 2. The third-order valence-corrected chi connectivity index (χ3v) is 3.69. The van der Waals surface area contributed by atoms with Crippen molar-refractivity contribution in [2.45, 2.75) is 6.92 Å². The quantitative estimate of drug-likeness (QED) is 0.666. The molecule has 3 rings (SSSR count). The van der Waals surface area contributed by atoms with Crippen LogP contribution in [-0.2, 0) is 0 Å². The number of benzene rings is 2. The first-order valence-corrected chi connectivity index (χ1v) is 7.91. The molecule has 0 spiro atoms. The van der Waals surface area contributed by atoms with Gasteiger partial charge in [-0.25, -0.2) is 14.4 Å². The zero-order valence-electron chi connectivity index (χ0n) is 13.7. The van der Waals surface area contributed by atoms with E-state index in [-0.39, 0.29) is 5.02 Å². The lowest BCUT2D eigenvalue weighted by Crippen LogP contribution is -2.02. The van der Waals surface area contributed by atoms with E-state index in [1.807, 2.05) is 24.3 Å². The van der Waals surface area contributed by atoms with E-state index < -0.39 is 5.82 Å². The first kappa shape index (κ1) is 17.0. The molecule has 128 valence electrons. The van der Waals surface area contributed by atoms with E-state index in [0.717, 1.165) is 5.69 Å². The van der Waals surface area contributed by atoms with E-state index in [4.69, 9.17) is 16.3 Å². The molecule has 0 aliphatic carbocycles. The Morgan fingerprint density at radius 2 is 1.72 bits per heavy atom. The highest BCUT2D eigenvalue weighted by molar-refractivity contribution is 6.31. The number of ether oxygens (including phenoxy) is 1. The number of hydrogen-bond donors (Lipinski definition) is 2. The maximum atomic E-state index is 13.3. The highest BCUT2D eigenvalue weighted by atomic mass is 35.5. The minimum absolute atomic E-state index is 0.0446. The van der Waals surface area contributed by atoms with Crippen LogP contribution in [0.4, 0.5) is 27.4 Å². The van der Waals surface area contributed by atoms with Gasteiger partial charge in [0.05, 0.1) is 17.8 Å². The van der Waals surface area contributed by atoms with E-state index >= 15 is 0 Å². The fourth-order valence-electron chi connectivity index (χ4n) is 2.30. The maximum Gasteiger partial charge on any atom is 0.142 e. The number of nitrogens with one attached hydrogen (secondary N) is 2. The average Bonchev–Trinajstić information content (AvgIpc) is 2.58. The van der Waals surface area contributed by atoms with E-state index in [1.165, 1.54) is 12.1 Å². The Labute approximate surface area is 149 Å². The van der Waals surface area contributed by atoms with Crippen LogP contribution in [0.15, 0.2) is 48.5 Å². The van der Waals surface area contributed by atoms with Crippen LogP contribution >= 0.6 is 11.6 Å².